The lowest BCUT2D eigenvalue weighted by atomic mass is 10.0. The molecule has 0 aliphatic carbocycles. The van der Waals surface area contributed by atoms with Gasteiger partial charge in [0.1, 0.15) is 6.61 Å². The van der Waals surface area contributed by atoms with Crippen LogP contribution in [0.3, 0.4) is 0 Å². The van der Waals surface area contributed by atoms with Gasteiger partial charge in [-0.25, -0.2) is 4.57 Å². The quantitative estimate of drug-likeness (QED) is 0.0270. The highest BCUT2D eigenvalue weighted by molar-refractivity contribution is 7.47. The number of esters is 2. The minimum atomic E-state index is -4.40. The van der Waals surface area contributed by atoms with Gasteiger partial charge < -0.3 is 20.1 Å². The SMILES string of the molecule is CCCCCC=CCC=CCC=CCC=CCC=CCCC(=O)OC(COC(=O)CCCCCCCCCCCCCCCC)COP(=O)(O)OCCN. The van der Waals surface area contributed by atoms with Crippen molar-refractivity contribution in [1.29, 1.82) is 0 Å². The maximum Gasteiger partial charge on any atom is 0.472 e. The average molecular weight is 780 g/mol. The predicted molar refractivity (Wildman–Crippen MR) is 224 cm³/mol. The maximum atomic E-state index is 12.5. The number of allylic oxidation sites excluding steroid dienone is 10. The first-order valence-corrected chi connectivity index (χ1v) is 22.8. The first kappa shape index (κ1) is 51.7. The smallest absolute Gasteiger partial charge is 0.462 e. The van der Waals surface area contributed by atoms with Crippen LogP contribution in [0.25, 0.3) is 0 Å². The Morgan fingerprint density at radius 2 is 1.00 bits per heavy atom. The minimum Gasteiger partial charge on any atom is -0.462 e. The van der Waals surface area contributed by atoms with Crippen LogP contribution in [0, 0.1) is 0 Å². The Balaban J connectivity index is 4.30. The van der Waals surface area contributed by atoms with Gasteiger partial charge in [0.25, 0.3) is 0 Å². The van der Waals surface area contributed by atoms with Gasteiger partial charge in [-0.3, -0.25) is 18.6 Å². The van der Waals surface area contributed by atoms with Gasteiger partial charge in [0.05, 0.1) is 13.2 Å². The monoisotopic (exact) mass is 780 g/mol. The summed E-state index contributed by atoms with van der Waals surface area (Å²) < 4.78 is 32.7. The predicted octanol–water partition coefficient (Wildman–Crippen LogP) is 12.1. The molecular weight excluding hydrogens is 701 g/mol. The summed E-state index contributed by atoms with van der Waals surface area (Å²) in [5.74, 6) is -0.925. The van der Waals surface area contributed by atoms with E-state index < -0.39 is 32.5 Å². The van der Waals surface area contributed by atoms with Crippen LogP contribution in [0.1, 0.15) is 174 Å². The second-order valence-corrected chi connectivity index (χ2v) is 15.3. The van der Waals surface area contributed by atoms with E-state index in [-0.39, 0.29) is 32.6 Å². The molecule has 0 amide bonds. The maximum absolute atomic E-state index is 12.5. The van der Waals surface area contributed by atoms with Gasteiger partial charge in [0, 0.05) is 19.4 Å². The van der Waals surface area contributed by atoms with E-state index in [0.29, 0.717) is 6.42 Å². The largest absolute Gasteiger partial charge is 0.472 e. The van der Waals surface area contributed by atoms with Gasteiger partial charge >= 0.3 is 19.8 Å². The zero-order chi connectivity index (χ0) is 39.6. The van der Waals surface area contributed by atoms with Crippen molar-refractivity contribution in [2.45, 2.75) is 180 Å². The highest BCUT2D eigenvalue weighted by Gasteiger charge is 2.25. The Labute approximate surface area is 329 Å². The Morgan fingerprint density at radius 3 is 1.50 bits per heavy atom. The summed E-state index contributed by atoms with van der Waals surface area (Å²) >= 11 is 0. The van der Waals surface area contributed by atoms with Crippen LogP contribution in [0.15, 0.2) is 60.8 Å². The summed E-state index contributed by atoms with van der Waals surface area (Å²) in [6.07, 6.45) is 46.9. The third kappa shape index (κ3) is 39.4. The fourth-order valence-corrected chi connectivity index (χ4v) is 6.26. The lowest BCUT2D eigenvalue weighted by Gasteiger charge is -2.19. The zero-order valence-corrected chi connectivity index (χ0v) is 35.1. The second kappa shape index (κ2) is 40.4. The number of phosphoric acid groups is 1. The zero-order valence-electron chi connectivity index (χ0n) is 34.2. The van der Waals surface area contributed by atoms with Crippen LogP contribution in [0.4, 0.5) is 0 Å². The van der Waals surface area contributed by atoms with Crippen molar-refractivity contribution in [3.63, 3.8) is 0 Å². The number of carbonyl (C=O) groups excluding carboxylic acids is 2. The fourth-order valence-electron chi connectivity index (χ4n) is 5.50. The van der Waals surface area contributed by atoms with Crippen LogP contribution in [-0.4, -0.2) is 49.3 Å². The first-order valence-electron chi connectivity index (χ1n) is 21.3. The molecule has 0 aromatic carbocycles. The van der Waals surface area contributed by atoms with Crippen molar-refractivity contribution < 1.29 is 37.6 Å². The van der Waals surface area contributed by atoms with E-state index >= 15 is 0 Å². The normalized spacial score (nSPS) is 13.9. The van der Waals surface area contributed by atoms with E-state index in [0.717, 1.165) is 44.9 Å². The number of nitrogens with two attached hydrogens (primary N) is 1. The molecule has 0 aliphatic heterocycles. The molecule has 0 aliphatic rings. The van der Waals surface area contributed by atoms with Crippen LogP contribution in [-0.2, 0) is 32.7 Å². The number of phosphoric ester groups is 1. The molecule has 0 radical (unpaired) electrons. The van der Waals surface area contributed by atoms with Crippen LogP contribution >= 0.6 is 7.82 Å². The van der Waals surface area contributed by atoms with Crippen LogP contribution in [0.2, 0.25) is 0 Å². The number of rotatable bonds is 39. The lowest BCUT2D eigenvalue weighted by Crippen LogP contribution is -2.29. The Hall–Kier alpha value is -2.29. The Bertz CT molecular complexity index is 1070. The van der Waals surface area contributed by atoms with Gasteiger partial charge in [-0.1, -0.05) is 171 Å². The fraction of sp³-hybridized carbons (Fsp3) is 0.727. The molecule has 0 aromatic heterocycles. The van der Waals surface area contributed by atoms with E-state index in [1.54, 1.807) is 0 Å². The highest BCUT2D eigenvalue weighted by atomic mass is 31.2. The topological polar surface area (TPSA) is 134 Å². The molecule has 10 heteroatoms. The van der Waals surface area contributed by atoms with E-state index in [1.807, 2.05) is 12.2 Å². The summed E-state index contributed by atoms with van der Waals surface area (Å²) in [6.45, 7) is 3.61. The van der Waals surface area contributed by atoms with Gasteiger partial charge in [-0.05, 0) is 51.4 Å². The summed E-state index contributed by atoms with van der Waals surface area (Å²) in [6, 6.07) is 0. The van der Waals surface area contributed by atoms with Gasteiger partial charge in [-0.15, -0.1) is 0 Å². The molecule has 2 unspecified atom stereocenters. The molecule has 0 fully saturated rings. The summed E-state index contributed by atoms with van der Waals surface area (Å²) in [5.41, 5.74) is 5.34. The van der Waals surface area contributed by atoms with Crippen LogP contribution < -0.4 is 5.73 Å². The molecule has 0 saturated heterocycles. The van der Waals surface area contributed by atoms with Gasteiger partial charge in [-0.2, -0.15) is 0 Å². The Kier molecular flexibility index (Phi) is 38.7. The summed E-state index contributed by atoms with van der Waals surface area (Å²) in [4.78, 5) is 34.8. The number of ether oxygens (including phenoxy) is 2. The number of carbonyl (C=O) groups is 2. The molecule has 0 bridgehead atoms. The van der Waals surface area contributed by atoms with E-state index in [1.165, 1.54) is 96.3 Å². The van der Waals surface area contributed by atoms with Gasteiger partial charge in [0.2, 0.25) is 0 Å². The molecule has 2 atom stereocenters. The highest BCUT2D eigenvalue weighted by Crippen LogP contribution is 2.43. The first-order chi connectivity index (χ1) is 26.3. The Morgan fingerprint density at radius 1 is 0.556 bits per heavy atom. The van der Waals surface area contributed by atoms with E-state index in [2.05, 4.69) is 62.5 Å². The summed E-state index contributed by atoms with van der Waals surface area (Å²) in [7, 11) is -4.40. The number of hydrogen-bond acceptors (Lipinski definition) is 8. The third-order valence-electron chi connectivity index (χ3n) is 8.67. The molecular formula is C44H78NO8P. The molecule has 312 valence electrons. The van der Waals surface area contributed by atoms with Crippen molar-refractivity contribution in [2.75, 3.05) is 26.4 Å². The van der Waals surface area contributed by atoms with Crippen molar-refractivity contribution in [3.05, 3.63) is 60.8 Å². The summed E-state index contributed by atoms with van der Waals surface area (Å²) in [5, 5.41) is 0. The van der Waals surface area contributed by atoms with Crippen molar-refractivity contribution >= 4 is 19.8 Å². The van der Waals surface area contributed by atoms with Crippen LogP contribution in [0.5, 0.6) is 0 Å². The number of unbranched alkanes of at least 4 members (excludes halogenated alkanes) is 16. The molecule has 54 heavy (non-hydrogen) atoms. The molecule has 0 spiro atoms. The van der Waals surface area contributed by atoms with Crippen molar-refractivity contribution in [3.8, 4) is 0 Å². The van der Waals surface area contributed by atoms with E-state index in [9.17, 15) is 19.0 Å². The second-order valence-electron chi connectivity index (χ2n) is 13.9. The average Bonchev–Trinajstić information content (AvgIpc) is 3.16. The van der Waals surface area contributed by atoms with Gasteiger partial charge in [0.15, 0.2) is 6.10 Å². The standard InChI is InChI=1S/C44H78NO8P/c1-3-5-7-9-11-13-15-17-19-20-21-22-23-25-27-29-31-33-35-37-44(47)53-42(41-52-54(48,49)51-39-38-45)40-50-43(46)36-34-32-30-28-26-24-18-16-14-12-10-8-6-4-2/h11,13,17,19,21-22,25,27,31,33,42H,3-10,12,14-16,18,20,23-24,26,28-30,32,34-41,45H2,1-2H3,(H,48,49). The minimum absolute atomic E-state index is 0.0408. The molecule has 9 nitrogen and oxygen atoms in total. The van der Waals surface area contributed by atoms with Crippen molar-refractivity contribution in [1.82, 2.24) is 0 Å². The molecule has 0 aromatic rings. The van der Waals surface area contributed by atoms with E-state index in [4.69, 9.17) is 24.3 Å². The molecule has 0 saturated carbocycles. The molecule has 0 heterocycles. The molecule has 0 rings (SSSR count). The number of hydrogen-bond donors (Lipinski definition) is 2. The molecule has 3 N–H and O–H groups in total. The van der Waals surface area contributed by atoms with Crippen molar-refractivity contribution in [2.24, 2.45) is 5.73 Å². The lowest BCUT2D eigenvalue weighted by molar-refractivity contribution is -0.161. The third-order valence-corrected chi connectivity index (χ3v) is 9.65.